The molecular weight excluding hydrogens is 415 g/mol. The smallest absolute Gasteiger partial charge is 0.260 e. The molecule has 6 nitrogen and oxygen atoms in total. The average molecular weight is 437 g/mol. The largest absolute Gasteiger partial charge is 0.493 e. The van der Waals surface area contributed by atoms with Gasteiger partial charge in [0.2, 0.25) is 5.91 Å². The fraction of sp³-hybridized carbons (Fsp3) is 0.333. The molecule has 2 aromatic carbocycles. The maximum atomic E-state index is 12.4. The van der Waals surface area contributed by atoms with E-state index in [2.05, 4.69) is 0 Å². The molecular formula is C21H22Cl2N2O4. The monoisotopic (exact) mass is 436 g/mol. The van der Waals surface area contributed by atoms with Crippen LogP contribution in [0.2, 0.25) is 10.0 Å². The van der Waals surface area contributed by atoms with Crippen LogP contribution in [0.1, 0.15) is 6.42 Å². The average Bonchev–Trinajstić information content (AvgIpc) is 2.74. The summed E-state index contributed by atoms with van der Waals surface area (Å²) < 4.78 is 11.1. The topological polar surface area (TPSA) is 59.1 Å². The van der Waals surface area contributed by atoms with Crippen molar-refractivity contribution >= 4 is 35.0 Å². The van der Waals surface area contributed by atoms with Gasteiger partial charge in [-0.25, -0.2) is 0 Å². The van der Waals surface area contributed by atoms with Gasteiger partial charge in [-0.3, -0.25) is 9.59 Å². The number of amides is 2. The molecule has 0 aliphatic carbocycles. The van der Waals surface area contributed by atoms with Gasteiger partial charge in [-0.15, -0.1) is 0 Å². The predicted molar refractivity (Wildman–Crippen MR) is 112 cm³/mol. The van der Waals surface area contributed by atoms with Gasteiger partial charge in [-0.05, 0) is 30.3 Å². The quantitative estimate of drug-likeness (QED) is 0.666. The summed E-state index contributed by atoms with van der Waals surface area (Å²) in [5, 5.41) is 0.863. The molecule has 29 heavy (non-hydrogen) atoms. The van der Waals surface area contributed by atoms with E-state index in [9.17, 15) is 9.59 Å². The summed E-state index contributed by atoms with van der Waals surface area (Å²) in [7, 11) is 0. The van der Waals surface area contributed by atoms with Crippen LogP contribution >= 0.6 is 23.2 Å². The number of ether oxygens (including phenoxy) is 2. The molecule has 0 spiro atoms. The van der Waals surface area contributed by atoms with Crippen molar-refractivity contribution in [2.24, 2.45) is 0 Å². The number of hydrogen-bond acceptors (Lipinski definition) is 4. The van der Waals surface area contributed by atoms with E-state index < -0.39 is 0 Å². The van der Waals surface area contributed by atoms with Crippen LogP contribution in [0.3, 0.4) is 0 Å². The molecule has 0 bridgehead atoms. The minimum Gasteiger partial charge on any atom is -0.493 e. The number of para-hydroxylation sites is 1. The number of halogens is 2. The number of hydrogen-bond donors (Lipinski definition) is 0. The molecule has 0 N–H and O–H groups in total. The van der Waals surface area contributed by atoms with Gasteiger partial charge in [-0.1, -0.05) is 41.4 Å². The highest BCUT2D eigenvalue weighted by Gasteiger charge is 2.24. The van der Waals surface area contributed by atoms with E-state index in [1.165, 1.54) is 0 Å². The number of carbonyl (C=O) groups excluding carboxylic acids is 2. The molecule has 3 rings (SSSR count). The van der Waals surface area contributed by atoms with E-state index in [-0.39, 0.29) is 18.4 Å². The van der Waals surface area contributed by atoms with Crippen molar-refractivity contribution in [3.05, 3.63) is 58.6 Å². The van der Waals surface area contributed by atoms with Crippen LogP contribution in [0.5, 0.6) is 11.5 Å². The highest BCUT2D eigenvalue weighted by Crippen LogP contribution is 2.27. The molecule has 0 radical (unpaired) electrons. The summed E-state index contributed by atoms with van der Waals surface area (Å²) in [6.07, 6.45) is 0.307. The van der Waals surface area contributed by atoms with Gasteiger partial charge >= 0.3 is 0 Å². The van der Waals surface area contributed by atoms with Crippen molar-refractivity contribution in [2.45, 2.75) is 6.42 Å². The molecule has 1 aliphatic heterocycles. The third kappa shape index (κ3) is 6.27. The normalized spacial score (nSPS) is 13.9. The van der Waals surface area contributed by atoms with Crippen LogP contribution in [0.25, 0.3) is 0 Å². The second kappa shape index (κ2) is 10.4. The molecule has 0 unspecified atom stereocenters. The van der Waals surface area contributed by atoms with Crippen molar-refractivity contribution in [1.82, 2.24) is 9.80 Å². The summed E-state index contributed by atoms with van der Waals surface area (Å²) in [6, 6.07) is 14.2. The van der Waals surface area contributed by atoms with Crippen LogP contribution in [-0.2, 0) is 9.59 Å². The Morgan fingerprint density at radius 2 is 1.52 bits per heavy atom. The molecule has 1 saturated heterocycles. The van der Waals surface area contributed by atoms with E-state index in [1.807, 2.05) is 30.3 Å². The minimum absolute atomic E-state index is 0.0252. The van der Waals surface area contributed by atoms with Crippen molar-refractivity contribution in [1.29, 1.82) is 0 Å². The van der Waals surface area contributed by atoms with Gasteiger partial charge < -0.3 is 19.3 Å². The molecule has 0 saturated carbocycles. The number of piperazine rings is 1. The lowest BCUT2D eigenvalue weighted by atomic mass is 10.2. The predicted octanol–water partition coefficient (Wildman–Crippen LogP) is 3.51. The zero-order valence-corrected chi connectivity index (χ0v) is 17.4. The fourth-order valence-electron chi connectivity index (χ4n) is 2.96. The minimum atomic E-state index is -0.143. The van der Waals surface area contributed by atoms with Gasteiger partial charge in [0.05, 0.1) is 18.1 Å². The lowest BCUT2D eigenvalue weighted by Crippen LogP contribution is -2.51. The zero-order valence-electron chi connectivity index (χ0n) is 15.9. The first-order valence-electron chi connectivity index (χ1n) is 9.34. The SMILES string of the molecule is O=C(CCOc1ccccc1)N1CCN(C(=O)COc2ccc(Cl)cc2Cl)CC1. The molecule has 0 aromatic heterocycles. The van der Waals surface area contributed by atoms with E-state index in [0.29, 0.717) is 55.0 Å². The number of benzene rings is 2. The number of carbonyl (C=O) groups is 2. The Labute approximate surface area is 179 Å². The molecule has 1 heterocycles. The zero-order chi connectivity index (χ0) is 20.6. The fourth-order valence-corrected chi connectivity index (χ4v) is 3.42. The van der Waals surface area contributed by atoms with Gasteiger partial charge in [0.1, 0.15) is 11.5 Å². The lowest BCUT2D eigenvalue weighted by Gasteiger charge is -2.34. The molecule has 2 amide bonds. The Morgan fingerprint density at radius 1 is 0.862 bits per heavy atom. The maximum Gasteiger partial charge on any atom is 0.260 e. The third-order valence-corrected chi connectivity index (χ3v) is 5.09. The van der Waals surface area contributed by atoms with Crippen LogP contribution in [-0.4, -0.2) is 61.0 Å². The first-order chi connectivity index (χ1) is 14.0. The molecule has 1 fully saturated rings. The Bertz CT molecular complexity index is 840. The molecule has 154 valence electrons. The number of rotatable bonds is 7. The van der Waals surface area contributed by atoms with Gasteiger partial charge in [0, 0.05) is 31.2 Å². The lowest BCUT2D eigenvalue weighted by molar-refractivity contribution is -0.141. The molecule has 1 aliphatic rings. The summed E-state index contributed by atoms with van der Waals surface area (Å²) in [4.78, 5) is 28.1. The van der Waals surface area contributed by atoms with E-state index >= 15 is 0 Å². The summed E-state index contributed by atoms with van der Waals surface area (Å²) in [5.41, 5.74) is 0. The van der Waals surface area contributed by atoms with Gasteiger partial charge in [-0.2, -0.15) is 0 Å². The van der Waals surface area contributed by atoms with Crippen LogP contribution in [0.15, 0.2) is 48.5 Å². The first-order valence-corrected chi connectivity index (χ1v) is 10.1. The molecule has 2 aromatic rings. The van der Waals surface area contributed by atoms with Crippen LogP contribution < -0.4 is 9.47 Å². The maximum absolute atomic E-state index is 12.4. The molecule has 0 atom stereocenters. The summed E-state index contributed by atoms with van der Waals surface area (Å²) in [5.74, 6) is 1.04. The summed E-state index contributed by atoms with van der Waals surface area (Å²) >= 11 is 11.9. The van der Waals surface area contributed by atoms with Crippen molar-refractivity contribution in [3.8, 4) is 11.5 Å². The highest BCUT2D eigenvalue weighted by molar-refractivity contribution is 6.35. The highest BCUT2D eigenvalue weighted by atomic mass is 35.5. The van der Waals surface area contributed by atoms with Crippen LogP contribution in [0.4, 0.5) is 0 Å². The van der Waals surface area contributed by atoms with Crippen LogP contribution in [0, 0.1) is 0 Å². The van der Waals surface area contributed by atoms with E-state index in [1.54, 1.807) is 28.0 Å². The Hall–Kier alpha value is -2.44. The van der Waals surface area contributed by atoms with E-state index in [4.69, 9.17) is 32.7 Å². The van der Waals surface area contributed by atoms with Gasteiger partial charge in [0.25, 0.3) is 5.91 Å². The second-order valence-electron chi connectivity index (χ2n) is 6.54. The third-order valence-electron chi connectivity index (χ3n) is 4.56. The Morgan fingerprint density at radius 3 is 2.17 bits per heavy atom. The van der Waals surface area contributed by atoms with Crippen molar-refractivity contribution in [2.75, 3.05) is 39.4 Å². The molecule has 8 heteroatoms. The number of nitrogens with zero attached hydrogens (tertiary/aromatic N) is 2. The van der Waals surface area contributed by atoms with Crippen molar-refractivity contribution in [3.63, 3.8) is 0 Å². The Balaban J connectivity index is 1.37. The first kappa shape index (κ1) is 21.3. The summed E-state index contributed by atoms with van der Waals surface area (Å²) in [6.45, 7) is 2.16. The van der Waals surface area contributed by atoms with Gasteiger partial charge in [0.15, 0.2) is 6.61 Å². The Kier molecular flexibility index (Phi) is 7.61. The standard InChI is InChI=1S/C21H22Cl2N2O4/c22-16-6-7-19(18(23)14-16)29-15-21(27)25-11-9-24(10-12-25)20(26)8-13-28-17-4-2-1-3-5-17/h1-7,14H,8-13,15H2. The van der Waals surface area contributed by atoms with Crippen molar-refractivity contribution < 1.29 is 19.1 Å². The van der Waals surface area contributed by atoms with E-state index in [0.717, 1.165) is 5.75 Å². The second-order valence-corrected chi connectivity index (χ2v) is 7.38.